The van der Waals surface area contributed by atoms with Gasteiger partial charge in [0.15, 0.2) is 0 Å². The summed E-state index contributed by atoms with van der Waals surface area (Å²) in [4.78, 5) is 6.84. The predicted molar refractivity (Wildman–Crippen MR) is 66.1 cm³/mol. The van der Waals surface area contributed by atoms with Crippen molar-refractivity contribution in [2.45, 2.75) is 31.7 Å². The molecule has 2 fully saturated rings. The Labute approximate surface area is 97.7 Å². The Balaban J connectivity index is 1.75. The summed E-state index contributed by atoms with van der Waals surface area (Å²) in [5, 5.41) is 2.16. The van der Waals surface area contributed by atoms with Crippen LogP contribution >= 0.6 is 0 Å². The molecule has 2 rings (SSSR count). The molecule has 1 saturated heterocycles. The van der Waals surface area contributed by atoms with Crippen molar-refractivity contribution in [1.82, 2.24) is 15.3 Å². The van der Waals surface area contributed by atoms with E-state index in [-0.39, 0.29) is 0 Å². The number of hydrazine groups is 1. The molecule has 2 aliphatic rings. The molecule has 0 amide bonds. The van der Waals surface area contributed by atoms with E-state index in [4.69, 9.17) is 5.73 Å². The van der Waals surface area contributed by atoms with Crippen LogP contribution in [0.5, 0.6) is 0 Å². The molecule has 5 heteroatoms. The summed E-state index contributed by atoms with van der Waals surface area (Å²) < 4.78 is 0. The first-order valence-corrected chi connectivity index (χ1v) is 6.27. The Hall–Kier alpha value is -0.810. The molecule has 0 aromatic rings. The molecular weight excluding hydrogens is 202 g/mol. The fourth-order valence-electron chi connectivity index (χ4n) is 2.34. The van der Waals surface area contributed by atoms with E-state index >= 15 is 0 Å². The summed E-state index contributed by atoms with van der Waals surface area (Å²) in [5.74, 6) is 0.594. The van der Waals surface area contributed by atoms with Gasteiger partial charge in [-0.05, 0) is 19.9 Å². The molecule has 0 aromatic carbocycles. The molecule has 0 unspecified atom stereocenters. The van der Waals surface area contributed by atoms with Gasteiger partial charge in [-0.2, -0.15) is 0 Å². The smallest absolute Gasteiger partial charge is 0.203 e. The lowest BCUT2D eigenvalue weighted by molar-refractivity contribution is 0.130. The van der Waals surface area contributed by atoms with Crippen LogP contribution < -0.4 is 11.2 Å². The van der Waals surface area contributed by atoms with E-state index in [2.05, 4.69) is 27.4 Å². The van der Waals surface area contributed by atoms with Crippen molar-refractivity contribution < 1.29 is 0 Å². The first-order valence-electron chi connectivity index (χ1n) is 6.27. The number of hydrogen-bond donors (Lipinski definition) is 2. The lowest BCUT2D eigenvalue weighted by Gasteiger charge is -2.32. The molecule has 0 radical (unpaired) electrons. The van der Waals surface area contributed by atoms with Gasteiger partial charge in [-0.3, -0.25) is 5.43 Å². The minimum atomic E-state index is 0.458. The van der Waals surface area contributed by atoms with Crippen molar-refractivity contribution in [3.63, 3.8) is 0 Å². The van der Waals surface area contributed by atoms with E-state index in [1.165, 1.54) is 25.7 Å². The molecule has 0 aromatic heterocycles. The van der Waals surface area contributed by atoms with Gasteiger partial charge in [0.1, 0.15) is 0 Å². The Morgan fingerprint density at radius 2 is 1.81 bits per heavy atom. The van der Waals surface area contributed by atoms with Crippen molar-refractivity contribution in [2.24, 2.45) is 10.7 Å². The highest BCUT2D eigenvalue weighted by atomic mass is 15.6. The lowest BCUT2D eigenvalue weighted by Crippen LogP contribution is -2.54. The number of guanidine groups is 1. The van der Waals surface area contributed by atoms with E-state index in [1.54, 1.807) is 0 Å². The zero-order chi connectivity index (χ0) is 11.4. The maximum atomic E-state index is 5.90. The van der Waals surface area contributed by atoms with E-state index in [0.717, 1.165) is 26.2 Å². The fourth-order valence-corrected chi connectivity index (χ4v) is 2.34. The molecule has 92 valence electrons. The van der Waals surface area contributed by atoms with Crippen LogP contribution in [0.2, 0.25) is 0 Å². The summed E-state index contributed by atoms with van der Waals surface area (Å²) in [6, 6.07) is 0.458. The zero-order valence-corrected chi connectivity index (χ0v) is 10.2. The van der Waals surface area contributed by atoms with Crippen molar-refractivity contribution in [1.29, 1.82) is 0 Å². The van der Waals surface area contributed by atoms with Gasteiger partial charge in [0.2, 0.25) is 5.96 Å². The predicted octanol–water partition coefficient (Wildman–Crippen LogP) is -0.00430. The zero-order valence-electron chi connectivity index (χ0n) is 10.2. The maximum absolute atomic E-state index is 5.90. The molecule has 3 N–H and O–H groups in total. The monoisotopic (exact) mass is 225 g/mol. The molecular formula is C11H23N5. The Morgan fingerprint density at radius 3 is 2.44 bits per heavy atom. The SMILES string of the molecule is CN1CCN(NC(N)=NC2CCCC2)CC1. The van der Waals surface area contributed by atoms with Gasteiger partial charge in [0.25, 0.3) is 0 Å². The van der Waals surface area contributed by atoms with E-state index in [0.29, 0.717) is 12.0 Å². The number of nitrogens with one attached hydrogen (secondary N) is 1. The van der Waals surface area contributed by atoms with E-state index in [1.807, 2.05) is 0 Å². The van der Waals surface area contributed by atoms with Crippen LogP contribution in [-0.2, 0) is 0 Å². The van der Waals surface area contributed by atoms with Crippen molar-refractivity contribution in [2.75, 3.05) is 33.2 Å². The molecule has 1 aliphatic heterocycles. The van der Waals surface area contributed by atoms with Crippen LogP contribution in [0.15, 0.2) is 4.99 Å². The van der Waals surface area contributed by atoms with Crippen LogP contribution in [0, 0.1) is 0 Å². The molecule has 1 aliphatic carbocycles. The summed E-state index contributed by atoms with van der Waals surface area (Å²) in [6.07, 6.45) is 5.00. The van der Waals surface area contributed by atoms with Crippen LogP contribution in [0.3, 0.4) is 0 Å². The molecule has 0 spiro atoms. The minimum absolute atomic E-state index is 0.458. The van der Waals surface area contributed by atoms with Gasteiger partial charge in [-0.1, -0.05) is 12.8 Å². The van der Waals surface area contributed by atoms with Gasteiger partial charge in [0.05, 0.1) is 6.04 Å². The standard InChI is InChI=1S/C11H23N5/c1-15-6-8-16(9-7-15)14-11(12)13-10-4-2-3-5-10/h10H,2-9H2,1H3,(H3,12,13,14). The second-order valence-electron chi connectivity index (χ2n) is 4.85. The minimum Gasteiger partial charge on any atom is -0.369 e. The second-order valence-corrected chi connectivity index (χ2v) is 4.85. The van der Waals surface area contributed by atoms with Gasteiger partial charge in [0, 0.05) is 26.2 Å². The lowest BCUT2D eigenvalue weighted by atomic mass is 10.3. The third kappa shape index (κ3) is 3.35. The fraction of sp³-hybridized carbons (Fsp3) is 0.909. The molecule has 1 saturated carbocycles. The number of rotatable bonds is 2. The highest BCUT2D eigenvalue weighted by Gasteiger charge is 2.16. The second kappa shape index (κ2) is 5.50. The first kappa shape index (κ1) is 11.7. The third-order valence-corrected chi connectivity index (χ3v) is 3.42. The summed E-state index contributed by atoms with van der Waals surface area (Å²) in [6.45, 7) is 4.20. The van der Waals surface area contributed by atoms with E-state index < -0.39 is 0 Å². The van der Waals surface area contributed by atoms with Crippen LogP contribution in [-0.4, -0.2) is 55.1 Å². The number of piperazine rings is 1. The normalized spacial score (nSPS) is 26.2. The average molecular weight is 225 g/mol. The van der Waals surface area contributed by atoms with Crippen molar-refractivity contribution in [3.8, 4) is 0 Å². The summed E-state index contributed by atoms with van der Waals surface area (Å²) in [7, 11) is 2.15. The Bertz CT molecular complexity index is 239. The number of likely N-dealkylation sites (N-methyl/N-ethyl adjacent to an activating group) is 1. The molecule has 0 atom stereocenters. The largest absolute Gasteiger partial charge is 0.369 e. The summed E-state index contributed by atoms with van der Waals surface area (Å²) >= 11 is 0. The number of hydrogen-bond acceptors (Lipinski definition) is 3. The van der Waals surface area contributed by atoms with Crippen LogP contribution in [0.25, 0.3) is 0 Å². The van der Waals surface area contributed by atoms with Gasteiger partial charge >= 0.3 is 0 Å². The number of aliphatic imine (C=N–C) groups is 1. The summed E-state index contributed by atoms with van der Waals surface area (Å²) in [5.41, 5.74) is 9.10. The van der Waals surface area contributed by atoms with E-state index in [9.17, 15) is 0 Å². The third-order valence-electron chi connectivity index (χ3n) is 3.42. The van der Waals surface area contributed by atoms with Crippen molar-refractivity contribution >= 4 is 5.96 Å². The molecule has 16 heavy (non-hydrogen) atoms. The number of nitrogens with zero attached hydrogens (tertiary/aromatic N) is 3. The Kier molecular flexibility index (Phi) is 4.01. The topological polar surface area (TPSA) is 56.9 Å². The average Bonchev–Trinajstić information content (AvgIpc) is 2.74. The van der Waals surface area contributed by atoms with Crippen molar-refractivity contribution in [3.05, 3.63) is 0 Å². The van der Waals surface area contributed by atoms with Crippen LogP contribution in [0.4, 0.5) is 0 Å². The molecule has 1 heterocycles. The Morgan fingerprint density at radius 1 is 1.19 bits per heavy atom. The molecule has 0 bridgehead atoms. The highest BCUT2D eigenvalue weighted by Crippen LogP contribution is 2.20. The van der Waals surface area contributed by atoms with Gasteiger partial charge < -0.3 is 10.6 Å². The van der Waals surface area contributed by atoms with Gasteiger partial charge in [-0.15, -0.1) is 0 Å². The van der Waals surface area contributed by atoms with Gasteiger partial charge in [-0.25, -0.2) is 10.0 Å². The first-order chi connectivity index (χ1) is 7.74. The number of nitrogens with two attached hydrogens (primary N) is 1. The van der Waals surface area contributed by atoms with Crippen LogP contribution in [0.1, 0.15) is 25.7 Å². The quantitative estimate of drug-likeness (QED) is 0.513. The maximum Gasteiger partial charge on any atom is 0.203 e. The highest BCUT2D eigenvalue weighted by molar-refractivity contribution is 5.77. The molecule has 5 nitrogen and oxygen atoms in total.